The topological polar surface area (TPSA) is 87.7 Å². The Bertz CT molecular complexity index is 716. The van der Waals surface area contributed by atoms with E-state index in [0.29, 0.717) is 30.8 Å². The molecule has 0 aliphatic carbocycles. The van der Waals surface area contributed by atoms with E-state index in [1.807, 2.05) is 18.7 Å². The van der Waals surface area contributed by atoms with E-state index >= 15 is 0 Å². The van der Waals surface area contributed by atoms with Crippen molar-refractivity contribution in [1.29, 1.82) is 0 Å². The number of carbonyl (C=O) groups is 1. The molecule has 1 fully saturated rings. The minimum absolute atomic E-state index is 0. The number of halogens is 1. The van der Waals surface area contributed by atoms with Crippen LogP contribution in [0.15, 0.2) is 46.5 Å². The van der Waals surface area contributed by atoms with Crippen LogP contribution in [0.3, 0.4) is 0 Å². The second-order valence-electron chi connectivity index (χ2n) is 6.50. The van der Waals surface area contributed by atoms with Crippen molar-refractivity contribution in [3.63, 3.8) is 0 Å². The van der Waals surface area contributed by atoms with Crippen molar-refractivity contribution in [3.8, 4) is 0 Å². The van der Waals surface area contributed by atoms with Crippen molar-refractivity contribution in [3.05, 3.63) is 42.9 Å². The van der Waals surface area contributed by atoms with Gasteiger partial charge < -0.3 is 24.5 Å². The van der Waals surface area contributed by atoms with Gasteiger partial charge in [-0.2, -0.15) is 0 Å². The highest BCUT2D eigenvalue weighted by Gasteiger charge is 2.28. The molecule has 0 aromatic carbocycles. The molecule has 27 heavy (non-hydrogen) atoms. The average molecular weight is 486 g/mol. The van der Waals surface area contributed by atoms with E-state index in [4.69, 9.17) is 4.42 Å². The first-order chi connectivity index (χ1) is 12.7. The Hall–Kier alpha value is -2.04. The number of carbonyl (C=O) groups excluding carboxylic acids is 1. The van der Waals surface area contributed by atoms with E-state index in [9.17, 15) is 4.79 Å². The van der Waals surface area contributed by atoms with Gasteiger partial charge >= 0.3 is 0 Å². The third-order valence-electron chi connectivity index (χ3n) is 4.78. The predicted octanol–water partition coefficient (Wildman–Crippen LogP) is 1.98. The normalized spacial score (nSPS) is 20.1. The Labute approximate surface area is 176 Å². The fourth-order valence-electron chi connectivity index (χ4n) is 3.27. The number of rotatable bonds is 5. The number of hydrogen-bond donors (Lipinski definition) is 2. The van der Waals surface area contributed by atoms with Crippen LogP contribution in [0.5, 0.6) is 0 Å². The Kier molecular flexibility index (Phi) is 8.14. The van der Waals surface area contributed by atoms with E-state index in [2.05, 4.69) is 37.0 Å². The summed E-state index contributed by atoms with van der Waals surface area (Å²) in [5.41, 5.74) is 0. The molecule has 2 N–H and O–H groups in total. The maximum atomic E-state index is 11.9. The van der Waals surface area contributed by atoms with Crippen molar-refractivity contribution >= 4 is 35.8 Å². The number of hydrogen-bond acceptors (Lipinski definition) is 4. The smallest absolute Gasteiger partial charge is 0.287 e. The number of likely N-dealkylation sites (tertiary alicyclic amines) is 1. The molecule has 2 unspecified atom stereocenters. The number of aromatic nitrogens is 2. The van der Waals surface area contributed by atoms with Gasteiger partial charge in [-0.05, 0) is 24.5 Å². The van der Waals surface area contributed by atoms with E-state index in [1.54, 1.807) is 19.2 Å². The Morgan fingerprint density at radius 3 is 2.89 bits per heavy atom. The van der Waals surface area contributed by atoms with Gasteiger partial charge in [0.15, 0.2) is 11.7 Å². The molecule has 0 spiro atoms. The van der Waals surface area contributed by atoms with Crippen molar-refractivity contribution in [1.82, 2.24) is 25.1 Å². The third kappa shape index (κ3) is 5.47. The minimum Gasteiger partial charge on any atom is -0.459 e. The largest absolute Gasteiger partial charge is 0.459 e. The van der Waals surface area contributed by atoms with Crippen LogP contribution in [0.25, 0.3) is 0 Å². The first-order valence-corrected chi connectivity index (χ1v) is 8.93. The minimum atomic E-state index is -0.209. The molecule has 1 amide bonds. The Balaban J connectivity index is 0.00000261. The van der Waals surface area contributed by atoms with Crippen LogP contribution in [-0.4, -0.2) is 59.5 Å². The second-order valence-corrected chi connectivity index (χ2v) is 6.50. The summed E-state index contributed by atoms with van der Waals surface area (Å²) < 4.78 is 7.25. The summed E-state index contributed by atoms with van der Waals surface area (Å²) in [5.74, 6) is 1.56. The molecule has 2 atom stereocenters. The number of nitrogens with one attached hydrogen (secondary N) is 2. The average Bonchev–Trinajstić information content (AvgIpc) is 3.36. The molecule has 1 saturated heterocycles. The van der Waals surface area contributed by atoms with Crippen molar-refractivity contribution in [2.24, 2.45) is 10.9 Å². The van der Waals surface area contributed by atoms with Gasteiger partial charge in [-0.25, -0.2) is 4.98 Å². The summed E-state index contributed by atoms with van der Waals surface area (Å²) in [6, 6.07) is 3.72. The quantitative estimate of drug-likeness (QED) is 0.292. The highest BCUT2D eigenvalue weighted by molar-refractivity contribution is 14.0. The first kappa shape index (κ1) is 21.3. The highest BCUT2D eigenvalue weighted by Crippen LogP contribution is 2.27. The molecule has 2 aromatic rings. The lowest BCUT2D eigenvalue weighted by atomic mass is 9.93. The summed E-state index contributed by atoms with van der Waals surface area (Å²) in [5, 5.41) is 6.15. The number of imidazole rings is 1. The molecule has 0 bridgehead atoms. The molecule has 3 rings (SSSR count). The number of guanidine groups is 1. The van der Waals surface area contributed by atoms with Gasteiger partial charge in [0.1, 0.15) is 0 Å². The molecule has 0 radical (unpaired) electrons. The zero-order valence-electron chi connectivity index (χ0n) is 15.7. The summed E-state index contributed by atoms with van der Waals surface area (Å²) >= 11 is 0. The number of amides is 1. The van der Waals surface area contributed by atoms with Crippen LogP contribution in [-0.2, 0) is 0 Å². The molecular weight excluding hydrogens is 459 g/mol. The molecule has 148 valence electrons. The summed E-state index contributed by atoms with van der Waals surface area (Å²) in [4.78, 5) is 22.7. The zero-order chi connectivity index (χ0) is 18.4. The van der Waals surface area contributed by atoms with E-state index in [1.165, 1.54) is 6.26 Å². The van der Waals surface area contributed by atoms with Crippen LogP contribution < -0.4 is 10.6 Å². The van der Waals surface area contributed by atoms with E-state index in [-0.39, 0.29) is 29.9 Å². The monoisotopic (exact) mass is 486 g/mol. The van der Waals surface area contributed by atoms with Gasteiger partial charge in [-0.1, -0.05) is 6.92 Å². The maximum absolute atomic E-state index is 11.9. The van der Waals surface area contributed by atoms with Crippen LogP contribution in [0, 0.1) is 5.92 Å². The van der Waals surface area contributed by atoms with Gasteiger partial charge in [0, 0.05) is 45.6 Å². The lowest BCUT2D eigenvalue weighted by Gasteiger charge is -2.39. The van der Waals surface area contributed by atoms with Crippen LogP contribution >= 0.6 is 24.0 Å². The second kappa shape index (κ2) is 10.3. The molecule has 9 heteroatoms. The Morgan fingerprint density at radius 1 is 1.41 bits per heavy atom. The van der Waals surface area contributed by atoms with Gasteiger partial charge in [0.25, 0.3) is 5.91 Å². The molecular formula is C18H27IN6O2. The van der Waals surface area contributed by atoms with Crippen molar-refractivity contribution in [2.45, 2.75) is 19.4 Å². The molecule has 1 aliphatic heterocycles. The highest BCUT2D eigenvalue weighted by atomic mass is 127. The first-order valence-electron chi connectivity index (χ1n) is 8.93. The lowest BCUT2D eigenvalue weighted by molar-refractivity contribution is 0.0926. The number of nitrogens with zero attached hydrogens (tertiary/aromatic N) is 4. The summed E-state index contributed by atoms with van der Waals surface area (Å²) in [6.07, 6.45) is 8.30. The fraction of sp³-hybridized carbons (Fsp3) is 0.500. The van der Waals surface area contributed by atoms with Crippen LogP contribution in [0.1, 0.15) is 29.9 Å². The van der Waals surface area contributed by atoms with Crippen LogP contribution in [0.4, 0.5) is 0 Å². The SMILES string of the molecule is CN=C(NCCNC(=O)c1ccco1)N1CCC(C)C(n2ccnc2)C1.I. The molecule has 3 heterocycles. The fourth-order valence-corrected chi connectivity index (χ4v) is 3.27. The molecule has 8 nitrogen and oxygen atoms in total. The van der Waals surface area contributed by atoms with Gasteiger partial charge in [-0.15, -0.1) is 24.0 Å². The summed E-state index contributed by atoms with van der Waals surface area (Å²) in [6.45, 7) is 5.22. The van der Waals surface area contributed by atoms with Gasteiger partial charge in [0.2, 0.25) is 0 Å². The molecule has 2 aromatic heterocycles. The molecule has 1 aliphatic rings. The standard InChI is InChI=1S/C18H26N6O2.HI/c1-14-5-9-23(12-15(14)24-10-8-20-13-24)18(19-2)22-7-6-21-17(25)16-4-3-11-26-16;/h3-4,8,10-11,13-15H,5-7,9,12H2,1-2H3,(H,19,22)(H,21,25);1H. The maximum Gasteiger partial charge on any atom is 0.287 e. The van der Waals surface area contributed by atoms with Crippen molar-refractivity contribution in [2.75, 3.05) is 33.2 Å². The third-order valence-corrected chi connectivity index (χ3v) is 4.78. The zero-order valence-corrected chi connectivity index (χ0v) is 18.0. The van der Waals surface area contributed by atoms with Crippen LogP contribution in [0.2, 0.25) is 0 Å². The number of piperidine rings is 1. The number of furan rings is 1. The van der Waals surface area contributed by atoms with Gasteiger partial charge in [0.05, 0.1) is 18.6 Å². The summed E-state index contributed by atoms with van der Waals surface area (Å²) in [7, 11) is 1.79. The predicted molar refractivity (Wildman–Crippen MR) is 114 cm³/mol. The number of aliphatic imine (C=N–C) groups is 1. The lowest BCUT2D eigenvalue weighted by Crippen LogP contribution is -2.50. The van der Waals surface area contributed by atoms with E-state index < -0.39 is 0 Å². The Morgan fingerprint density at radius 2 is 2.22 bits per heavy atom. The molecule has 0 saturated carbocycles. The van der Waals surface area contributed by atoms with Crippen molar-refractivity contribution < 1.29 is 9.21 Å². The van der Waals surface area contributed by atoms with E-state index in [0.717, 1.165) is 25.5 Å². The van der Waals surface area contributed by atoms with Gasteiger partial charge in [-0.3, -0.25) is 9.79 Å².